The predicted molar refractivity (Wildman–Crippen MR) is 114 cm³/mol. The van der Waals surface area contributed by atoms with E-state index in [4.69, 9.17) is 23.7 Å². The Morgan fingerprint density at radius 3 is 2.59 bits per heavy atom. The van der Waals surface area contributed by atoms with E-state index in [-0.39, 0.29) is 17.9 Å². The zero-order valence-electron chi connectivity index (χ0n) is 18.5. The van der Waals surface area contributed by atoms with E-state index in [0.29, 0.717) is 36.0 Å². The fourth-order valence-corrected chi connectivity index (χ4v) is 5.45. The van der Waals surface area contributed by atoms with Crippen molar-refractivity contribution in [3.8, 4) is 17.2 Å². The van der Waals surface area contributed by atoms with Crippen molar-refractivity contribution in [2.24, 2.45) is 11.8 Å². The van der Waals surface area contributed by atoms with Crippen molar-refractivity contribution in [2.75, 3.05) is 46.3 Å². The van der Waals surface area contributed by atoms with Crippen LogP contribution in [0.4, 0.5) is 5.69 Å². The first-order valence-electron chi connectivity index (χ1n) is 10.9. The lowest BCUT2D eigenvalue weighted by molar-refractivity contribution is -0.136. The molecule has 1 aromatic rings. The molecule has 9 heteroatoms. The molecule has 3 saturated heterocycles. The normalized spacial score (nSPS) is 32.3. The summed E-state index contributed by atoms with van der Waals surface area (Å²) in [4.78, 5) is 28.5. The average molecular weight is 444 g/mol. The molecule has 0 aliphatic carbocycles. The number of amides is 2. The number of methoxy groups -OCH3 is 3. The fourth-order valence-electron chi connectivity index (χ4n) is 5.45. The summed E-state index contributed by atoms with van der Waals surface area (Å²) in [5.41, 5.74) is -0.246. The second-order valence-electron chi connectivity index (χ2n) is 8.66. The van der Waals surface area contributed by atoms with E-state index in [1.807, 2.05) is 12.2 Å². The third-order valence-corrected chi connectivity index (χ3v) is 6.86. The number of nitrogens with one attached hydrogen (secondary N) is 1. The van der Waals surface area contributed by atoms with Gasteiger partial charge in [-0.15, -0.1) is 0 Å². The second kappa shape index (κ2) is 7.97. The summed E-state index contributed by atoms with van der Waals surface area (Å²) in [6.07, 6.45) is 5.46. The van der Waals surface area contributed by atoms with Gasteiger partial charge >= 0.3 is 0 Å². The van der Waals surface area contributed by atoms with E-state index < -0.39 is 23.5 Å². The standard InChI is InChI=1S/C23H28N2O7/c1-28-16-9-13(10-17(29-2)20(16)30-3)24-21(26)18-15-6-7-23(32-15)12-25(22(27)19(18)23)11-14-5-4-8-31-14/h6-7,9-10,14-15,18-19H,4-5,8,11-12H2,1-3H3,(H,24,26)/t14-,15-,18-,19+,23+/m1/s1. The zero-order chi connectivity index (χ0) is 22.5. The topological polar surface area (TPSA) is 95.6 Å². The number of benzene rings is 1. The van der Waals surface area contributed by atoms with Gasteiger partial charge in [-0.25, -0.2) is 0 Å². The predicted octanol–water partition coefficient (Wildman–Crippen LogP) is 1.61. The molecular weight excluding hydrogens is 416 g/mol. The van der Waals surface area contributed by atoms with E-state index in [0.717, 1.165) is 19.4 Å². The van der Waals surface area contributed by atoms with Gasteiger partial charge in [-0.3, -0.25) is 9.59 Å². The van der Waals surface area contributed by atoms with Crippen LogP contribution in [0.3, 0.4) is 0 Å². The average Bonchev–Trinajstić information content (AvgIpc) is 3.56. The van der Waals surface area contributed by atoms with E-state index in [1.54, 1.807) is 17.0 Å². The van der Waals surface area contributed by atoms with Crippen LogP contribution in [0, 0.1) is 11.8 Å². The molecule has 5 rings (SSSR count). The molecule has 0 radical (unpaired) electrons. The Kier molecular flexibility index (Phi) is 5.25. The molecule has 3 fully saturated rings. The number of fused-ring (bicyclic) bond motifs is 1. The number of hydrogen-bond donors (Lipinski definition) is 1. The van der Waals surface area contributed by atoms with E-state index >= 15 is 0 Å². The van der Waals surface area contributed by atoms with E-state index in [2.05, 4.69) is 5.32 Å². The van der Waals surface area contributed by atoms with Crippen molar-refractivity contribution < 1.29 is 33.3 Å². The highest BCUT2D eigenvalue weighted by atomic mass is 16.5. The molecule has 0 saturated carbocycles. The van der Waals surface area contributed by atoms with Crippen molar-refractivity contribution >= 4 is 17.5 Å². The molecule has 5 atom stereocenters. The van der Waals surface area contributed by atoms with E-state index in [1.165, 1.54) is 21.3 Å². The van der Waals surface area contributed by atoms with Crippen LogP contribution in [0.15, 0.2) is 24.3 Å². The first-order valence-corrected chi connectivity index (χ1v) is 10.9. The van der Waals surface area contributed by atoms with Gasteiger partial charge in [-0.2, -0.15) is 0 Å². The number of carbonyl (C=O) groups excluding carboxylic acids is 2. The fraction of sp³-hybridized carbons (Fsp3) is 0.565. The highest BCUT2D eigenvalue weighted by molar-refractivity contribution is 5.99. The Bertz CT molecular complexity index is 933. The summed E-state index contributed by atoms with van der Waals surface area (Å²) in [7, 11) is 4.55. The summed E-state index contributed by atoms with van der Waals surface area (Å²) < 4.78 is 28.0. The summed E-state index contributed by atoms with van der Waals surface area (Å²) in [6.45, 7) is 1.73. The molecule has 4 heterocycles. The number of ether oxygens (including phenoxy) is 5. The van der Waals surface area contributed by atoms with Gasteiger partial charge in [0.25, 0.3) is 0 Å². The molecule has 9 nitrogen and oxygen atoms in total. The Morgan fingerprint density at radius 2 is 1.97 bits per heavy atom. The van der Waals surface area contributed by atoms with Crippen LogP contribution in [0.5, 0.6) is 17.2 Å². The lowest BCUT2D eigenvalue weighted by Crippen LogP contribution is -2.42. The Hall–Kier alpha value is -2.78. The van der Waals surface area contributed by atoms with Crippen molar-refractivity contribution in [2.45, 2.75) is 30.7 Å². The number of likely N-dealkylation sites (tertiary alicyclic amines) is 1. The van der Waals surface area contributed by atoms with Gasteiger partial charge in [0.1, 0.15) is 5.60 Å². The summed E-state index contributed by atoms with van der Waals surface area (Å²) in [6, 6.07) is 3.33. The third-order valence-electron chi connectivity index (χ3n) is 6.86. The smallest absolute Gasteiger partial charge is 0.231 e. The van der Waals surface area contributed by atoms with Crippen LogP contribution in [0.25, 0.3) is 0 Å². The van der Waals surface area contributed by atoms with Crippen LogP contribution in [0.2, 0.25) is 0 Å². The van der Waals surface area contributed by atoms with Gasteiger partial charge in [0.2, 0.25) is 17.6 Å². The first kappa shape index (κ1) is 21.1. The number of nitrogens with zero attached hydrogens (tertiary/aromatic N) is 1. The quantitative estimate of drug-likeness (QED) is 0.639. The van der Waals surface area contributed by atoms with Crippen LogP contribution >= 0.6 is 0 Å². The van der Waals surface area contributed by atoms with Crippen molar-refractivity contribution in [3.63, 3.8) is 0 Å². The Morgan fingerprint density at radius 1 is 1.22 bits per heavy atom. The molecule has 0 unspecified atom stereocenters. The lowest BCUT2D eigenvalue weighted by atomic mass is 9.77. The summed E-state index contributed by atoms with van der Waals surface area (Å²) in [5, 5.41) is 2.92. The third kappa shape index (κ3) is 3.22. The van der Waals surface area contributed by atoms with Gasteiger partial charge in [-0.1, -0.05) is 12.2 Å². The molecule has 172 valence electrons. The van der Waals surface area contributed by atoms with Gasteiger partial charge in [-0.05, 0) is 12.8 Å². The van der Waals surface area contributed by atoms with Crippen molar-refractivity contribution in [3.05, 3.63) is 24.3 Å². The van der Waals surface area contributed by atoms with Gasteiger partial charge in [0, 0.05) is 31.0 Å². The number of carbonyl (C=O) groups is 2. The molecule has 2 bridgehead atoms. The Labute approximate surface area is 186 Å². The zero-order valence-corrected chi connectivity index (χ0v) is 18.5. The van der Waals surface area contributed by atoms with Crippen molar-refractivity contribution in [1.82, 2.24) is 4.90 Å². The van der Waals surface area contributed by atoms with Crippen LogP contribution < -0.4 is 19.5 Å². The largest absolute Gasteiger partial charge is 0.493 e. The van der Waals surface area contributed by atoms with Gasteiger partial charge in [0.15, 0.2) is 11.5 Å². The minimum absolute atomic E-state index is 0.0441. The van der Waals surface area contributed by atoms with Crippen molar-refractivity contribution in [1.29, 1.82) is 0 Å². The highest BCUT2D eigenvalue weighted by Gasteiger charge is 2.66. The number of rotatable bonds is 7. The van der Waals surface area contributed by atoms with E-state index in [9.17, 15) is 9.59 Å². The van der Waals surface area contributed by atoms with Crippen LogP contribution in [-0.2, 0) is 19.1 Å². The van der Waals surface area contributed by atoms with Crippen LogP contribution in [-0.4, -0.2) is 75.5 Å². The molecular formula is C23H28N2O7. The van der Waals surface area contributed by atoms with Crippen LogP contribution in [0.1, 0.15) is 12.8 Å². The number of hydrogen-bond acceptors (Lipinski definition) is 7. The molecule has 4 aliphatic rings. The second-order valence-corrected chi connectivity index (χ2v) is 8.66. The molecule has 4 aliphatic heterocycles. The SMILES string of the molecule is COc1cc(NC(=O)[C@H]2[C@H]3C(=O)N(C[C@H]4CCCO4)C[C@@]34C=C[C@H]2O4)cc(OC)c1OC. The minimum Gasteiger partial charge on any atom is -0.493 e. The maximum absolute atomic E-state index is 13.4. The summed E-state index contributed by atoms with van der Waals surface area (Å²) >= 11 is 0. The highest BCUT2D eigenvalue weighted by Crippen LogP contribution is 2.52. The number of anilines is 1. The molecule has 2 amide bonds. The van der Waals surface area contributed by atoms with Gasteiger partial charge in [0.05, 0.1) is 51.9 Å². The monoisotopic (exact) mass is 444 g/mol. The molecule has 1 spiro atoms. The first-order chi connectivity index (χ1) is 15.5. The summed E-state index contributed by atoms with van der Waals surface area (Å²) in [5.74, 6) is -0.161. The maximum Gasteiger partial charge on any atom is 0.231 e. The molecule has 1 N–H and O–H groups in total. The Balaban J connectivity index is 1.37. The molecule has 32 heavy (non-hydrogen) atoms. The minimum atomic E-state index is -0.738. The molecule has 1 aromatic carbocycles. The lowest BCUT2D eigenvalue weighted by Gasteiger charge is -2.24. The molecule has 0 aromatic heterocycles. The maximum atomic E-state index is 13.4. The van der Waals surface area contributed by atoms with Gasteiger partial charge < -0.3 is 33.9 Å².